The van der Waals surface area contributed by atoms with Gasteiger partial charge in [0.2, 0.25) is 11.8 Å². The van der Waals surface area contributed by atoms with Crippen molar-refractivity contribution in [3.05, 3.63) is 65.5 Å². The highest BCUT2D eigenvalue weighted by Gasteiger charge is 2.13. The number of imidazole rings is 1. The van der Waals surface area contributed by atoms with E-state index in [-0.39, 0.29) is 31.0 Å². The predicted octanol–water partition coefficient (Wildman–Crippen LogP) is 2.49. The summed E-state index contributed by atoms with van der Waals surface area (Å²) in [6.45, 7) is 2.05. The van der Waals surface area contributed by atoms with Crippen molar-refractivity contribution in [1.29, 1.82) is 0 Å². The van der Waals surface area contributed by atoms with Gasteiger partial charge in [-0.3, -0.25) is 25.2 Å². The first kappa shape index (κ1) is 20.3. The van der Waals surface area contributed by atoms with Crippen molar-refractivity contribution in [3.8, 4) is 0 Å². The maximum Gasteiger partial charge on any atom is 0.245 e. The van der Waals surface area contributed by atoms with E-state index < -0.39 is 5.91 Å². The first-order valence-corrected chi connectivity index (χ1v) is 9.58. The maximum absolute atomic E-state index is 12.2. The minimum Gasteiger partial charge on any atom is -0.331 e. The average Bonchev–Trinajstić information content (AvgIpc) is 3.06. The second-order valence-electron chi connectivity index (χ2n) is 6.82. The molecule has 0 saturated heterocycles. The van der Waals surface area contributed by atoms with Gasteiger partial charge in [-0.2, -0.15) is 0 Å². The Kier molecular flexibility index (Phi) is 6.39. The van der Waals surface area contributed by atoms with Gasteiger partial charge in [-0.15, -0.1) is 0 Å². The summed E-state index contributed by atoms with van der Waals surface area (Å²) in [5.41, 5.74) is 8.22. The molecule has 1 aromatic heterocycles. The number of aryl methyl sites for hydroxylation is 2. The van der Waals surface area contributed by atoms with Gasteiger partial charge in [0.1, 0.15) is 5.82 Å². The van der Waals surface area contributed by atoms with E-state index in [9.17, 15) is 14.4 Å². The molecule has 3 rings (SSSR count). The standard InChI is InChI=1S/C22H24N4O3/c1-3-15-8-10-16(11-9-15)19(27)12-13-21(28)24-25-22(29)14-20-23-17-6-4-5-7-18(17)26(20)2/h4-11H,3,12-14H2,1-2H3,(H,24,28)(H,25,29). The van der Waals surface area contributed by atoms with Gasteiger partial charge in [-0.1, -0.05) is 43.3 Å². The van der Waals surface area contributed by atoms with E-state index in [0.717, 1.165) is 23.0 Å². The van der Waals surface area contributed by atoms with Crippen LogP contribution in [0.2, 0.25) is 0 Å². The van der Waals surface area contributed by atoms with Gasteiger partial charge in [0.25, 0.3) is 0 Å². The molecule has 0 unspecified atom stereocenters. The van der Waals surface area contributed by atoms with Crippen LogP contribution in [0.1, 0.15) is 41.5 Å². The van der Waals surface area contributed by atoms with E-state index in [2.05, 4.69) is 15.8 Å². The zero-order valence-corrected chi connectivity index (χ0v) is 16.6. The SMILES string of the molecule is CCc1ccc(C(=O)CCC(=O)NNC(=O)Cc2nc3ccccc3n2C)cc1. The van der Waals surface area contributed by atoms with Crippen LogP contribution in [-0.4, -0.2) is 27.1 Å². The quantitative estimate of drug-likeness (QED) is 0.477. The second-order valence-corrected chi connectivity index (χ2v) is 6.82. The molecular weight excluding hydrogens is 368 g/mol. The molecular formula is C22H24N4O3. The smallest absolute Gasteiger partial charge is 0.245 e. The normalized spacial score (nSPS) is 10.7. The van der Waals surface area contributed by atoms with Crippen LogP contribution in [-0.2, 0) is 29.5 Å². The van der Waals surface area contributed by atoms with Crippen LogP contribution < -0.4 is 10.9 Å². The summed E-state index contributed by atoms with van der Waals surface area (Å²) in [5, 5.41) is 0. The van der Waals surface area contributed by atoms with E-state index in [1.165, 1.54) is 0 Å². The number of fused-ring (bicyclic) bond motifs is 1. The number of amides is 2. The van der Waals surface area contributed by atoms with Crippen LogP contribution in [0.4, 0.5) is 0 Å². The number of hydrazine groups is 1. The fourth-order valence-corrected chi connectivity index (χ4v) is 3.04. The molecule has 150 valence electrons. The lowest BCUT2D eigenvalue weighted by molar-refractivity contribution is -0.128. The Balaban J connectivity index is 1.45. The Hall–Kier alpha value is -3.48. The monoisotopic (exact) mass is 392 g/mol. The number of rotatable bonds is 7. The van der Waals surface area contributed by atoms with Crippen molar-refractivity contribution in [2.75, 3.05) is 0 Å². The Labute approximate surface area is 169 Å². The summed E-state index contributed by atoms with van der Waals surface area (Å²) < 4.78 is 1.85. The van der Waals surface area contributed by atoms with Gasteiger partial charge in [-0.25, -0.2) is 4.98 Å². The number of hydrogen-bond acceptors (Lipinski definition) is 4. The molecule has 0 aliphatic carbocycles. The third-order valence-electron chi connectivity index (χ3n) is 4.80. The highest BCUT2D eigenvalue weighted by molar-refractivity contribution is 5.98. The van der Waals surface area contributed by atoms with Crippen LogP contribution in [0.25, 0.3) is 11.0 Å². The number of ketones is 1. The van der Waals surface area contributed by atoms with Gasteiger partial charge < -0.3 is 4.57 Å². The number of nitrogens with one attached hydrogen (secondary N) is 2. The van der Waals surface area contributed by atoms with Crippen molar-refractivity contribution in [2.45, 2.75) is 32.6 Å². The third kappa shape index (κ3) is 5.07. The lowest BCUT2D eigenvalue weighted by Crippen LogP contribution is -2.42. The number of nitrogens with zero attached hydrogens (tertiary/aromatic N) is 2. The third-order valence-corrected chi connectivity index (χ3v) is 4.80. The van der Waals surface area contributed by atoms with E-state index in [4.69, 9.17) is 0 Å². The first-order chi connectivity index (χ1) is 14.0. The Morgan fingerprint density at radius 1 is 0.931 bits per heavy atom. The predicted molar refractivity (Wildman–Crippen MR) is 110 cm³/mol. The summed E-state index contributed by atoms with van der Waals surface area (Å²) in [7, 11) is 1.84. The summed E-state index contributed by atoms with van der Waals surface area (Å²) in [4.78, 5) is 40.7. The molecule has 7 heteroatoms. The highest BCUT2D eigenvalue weighted by atomic mass is 16.2. The summed E-state index contributed by atoms with van der Waals surface area (Å²) >= 11 is 0. The molecule has 3 aromatic rings. The molecule has 0 spiro atoms. The number of aromatic nitrogens is 2. The molecule has 7 nitrogen and oxygen atoms in total. The maximum atomic E-state index is 12.2. The molecule has 29 heavy (non-hydrogen) atoms. The molecule has 2 N–H and O–H groups in total. The Bertz CT molecular complexity index is 1040. The van der Waals surface area contributed by atoms with Crippen LogP contribution in [0.3, 0.4) is 0 Å². The molecule has 0 atom stereocenters. The molecule has 0 aliphatic heterocycles. The van der Waals surface area contributed by atoms with Crippen molar-refractivity contribution in [2.24, 2.45) is 7.05 Å². The molecule has 0 bridgehead atoms. The molecule has 0 aliphatic rings. The summed E-state index contributed by atoms with van der Waals surface area (Å²) in [6, 6.07) is 15.0. The van der Waals surface area contributed by atoms with Crippen molar-refractivity contribution in [3.63, 3.8) is 0 Å². The number of carbonyl (C=O) groups is 3. The minimum absolute atomic E-state index is 0.000926. The minimum atomic E-state index is -0.415. The van der Waals surface area contributed by atoms with E-state index in [1.807, 2.05) is 54.9 Å². The summed E-state index contributed by atoms with van der Waals surface area (Å²) in [5.74, 6) is -0.294. The van der Waals surface area contributed by atoms with Gasteiger partial charge in [0.15, 0.2) is 5.78 Å². The van der Waals surface area contributed by atoms with Crippen molar-refractivity contribution < 1.29 is 14.4 Å². The van der Waals surface area contributed by atoms with E-state index in [0.29, 0.717) is 11.4 Å². The lowest BCUT2D eigenvalue weighted by Gasteiger charge is -2.07. The average molecular weight is 392 g/mol. The molecule has 0 saturated carbocycles. The van der Waals surface area contributed by atoms with Gasteiger partial charge in [0.05, 0.1) is 17.5 Å². The number of para-hydroxylation sites is 2. The molecule has 0 radical (unpaired) electrons. The lowest BCUT2D eigenvalue weighted by atomic mass is 10.0. The fourth-order valence-electron chi connectivity index (χ4n) is 3.04. The van der Waals surface area contributed by atoms with Crippen LogP contribution in [0.5, 0.6) is 0 Å². The zero-order valence-electron chi connectivity index (χ0n) is 16.6. The molecule has 0 fully saturated rings. The second kappa shape index (κ2) is 9.14. The van der Waals surface area contributed by atoms with E-state index in [1.54, 1.807) is 12.1 Å². The number of carbonyl (C=O) groups excluding carboxylic acids is 3. The van der Waals surface area contributed by atoms with E-state index >= 15 is 0 Å². The molecule has 2 aromatic carbocycles. The Morgan fingerprint density at radius 3 is 2.31 bits per heavy atom. The van der Waals surface area contributed by atoms with Crippen LogP contribution in [0.15, 0.2) is 48.5 Å². The first-order valence-electron chi connectivity index (χ1n) is 9.58. The van der Waals surface area contributed by atoms with Gasteiger partial charge >= 0.3 is 0 Å². The highest BCUT2D eigenvalue weighted by Crippen LogP contribution is 2.14. The van der Waals surface area contributed by atoms with Gasteiger partial charge in [-0.05, 0) is 24.1 Å². The zero-order chi connectivity index (χ0) is 20.8. The van der Waals surface area contributed by atoms with Crippen molar-refractivity contribution >= 4 is 28.6 Å². The van der Waals surface area contributed by atoms with Gasteiger partial charge in [0, 0.05) is 25.5 Å². The van der Waals surface area contributed by atoms with Crippen molar-refractivity contribution in [1.82, 2.24) is 20.4 Å². The van der Waals surface area contributed by atoms with Crippen LogP contribution in [0, 0.1) is 0 Å². The Morgan fingerprint density at radius 2 is 1.62 bits per heavy atom. The topological polar surface area (TPSA) is 93.1 Å². The number of hydrogen-bond donors (Lipinski definition) is 2. The van der Waals surface area contributed by atoms with Crippen LogP contribution >= 0.6 is 0 Å². The number of Topliss-reactive ketones (excluding diaryl/α,β-unsaturated/α-hetero) is 1. The molecule has 2 amide bonds. The fraction of sp³-hybridized carbons (Fsp3) is 0.273. The largest absolute Gasteiger partial charge is 0.331 e. The molecule has 1 heterocycles. The number of benzene rings is 2. The summed E-state index contributed by atoms with van der Waals surface area (Å²) in [6.07, 6.45) is 1.03.